The van der Waals surface area contributed by atoms with Gasteiger partial charge in [-0.25, -0.2) is 13.1 Å². The highest BCUT2D eigenvalue weighted by Crippen LogP contribution is 2.22. The van der Waals surface area contributed by atoms with E-state index in [1.807, 2.05) is 20.8 Å². The van der Waals surface area contributed by atoms with Gasteiger partial charge in [-0.05, 0) is 37.6 Å². The summed E-state index contributed by atoms with van der Waals surface area (Å²) in [7, 11) is -3.59. The number of aryl methyl sites for hydroxylation is 1. The Balaban J connectivity index is 2.08. The molecule has 120 valence electrons. The van der Waals surface area contributed by atoms with E-state index in [2.05, 4.69) is 19.4 Å². The van der Waals surface area contributed by atoms with Crippen LogP contribution in [0.4, 0.5) is 0 Å². The SMILES string of the molecule is CCOc1ccc(S(=O)(=O)NCC(C)c2ncon2)cc1C. The molecule has 7 nitrogen and oxygen atoms in total. The molecule has 1 aromatic heterocycles. The molecule has 0 bridgehead atoms. The van der Waals surface area contributed by atoms with Crippen LogP contribution >= 0.6 is 0 Å². The Morgan fingerprint density at radius 2 is 2.18 bits per heavy atom. The highest BCUT2D eigenvalue weighted by Gasteiger charge is 2.18. The number of hydrogen-bond donors (Lipinski definition) is 1. The second-order valence-electron chi connectivity index (χ2n) is 4.90. The Morgan fingerprint density at radius 3 is 2.77 bits per heavy atom. The van der Waals surface area contributed by atoms with E-state index < -0.39 is 10.0 Å². The van der Waals surface area contributed by atoms with Crippen LogP contribution in [-0.2, 0) is 10.0 Å². The number of sulfonamides is 1. The topological polar surface area (TPSA) is 94.3 Å². The van der Waals surface area contributed by atoms with E-state index in [9.17, 15) is 8.42 Å². The molecule has 2 rings (SSSR count). The fourth-order valence-corrected chi connectivity index (χ4v) is 3.13. The second kappa shape index (κ2) is 6.89. The quantitative estimate of drug-likeness (QED) is 0.835. The van der Waals surface area contributed by atoms with Crippen molar-refractivity contribution < 1.29 is 17.7 Å². The molecule has 1 aromatic carbocycles. The summed E-state index contributed by atoms with van der Waals surface area (Å²) in [5, 5.41) is 3.70. The van der Waals surface area contributed by atoms with Gasteiger partial charge in [-0.1, -0.05) is 12.1 Å². The average Bonchev–Trinajstić information content (AvgIpc) is 3.01. The fourth-order valence-electron chi connectivity index (χ4n) is 1.91. The van der Waals surface area contributed by atoms with Crippen LogP contribution in [0.25, 0.3) is 0 Å². The zero-order valence-corrected chi connectivity index (χ0v) is 13.6. The van der Waals surface area contributed by atoms with Gasteiger partial charge < -0.3 is 9.26 Å². The maximum Gasteiger partial charge on any atom is 0.240 e. The minimum Gasteiger partial charge on any atom is -0.494 e. The Bertz CT molecular complexity index is 714. The number of ether oxygens (including phenoxy) is 1. The molecule has 0 amide bonds. The first-order chi connectivity index (χ1) is 10.4. The Labute approximate surface area is 129 Å². The summed E-state index contributed by atoms with van der Waals surface area (Å²) < 4.78 is 37.2. The van der Waals surface area contributed by atoms with Crippen LogP contribution in [0.1, 0.15) is 31.2 Å². The number of nitrogens with zero attached hydrogens (tertiary/aromatic N) is 2. The predicted molar refractivity (Wildman–Crippen MR) is 80.2 cm³/mol. The van der Waals surface area contributed by atoms with Gasteiger partial charge in [0.2, 0.25) is 16.4 Å². The number of nitrogens with one attached hydrogen (secondary N) is 1. The molecule has 1 heterocycles. The molecule has 8 heteroatoms. The van der Waals surface area contributed by atoms with Crippen molar-refractivity contribution in [1.29, 1.82) is 0 Å². The van der Waals surface area contributed by atoms with Crippen molar-refractivity contribution in [3.05, 3.63) is 36.0 Å². The van der Waals surface area contributed by atoms with E-state index in [1.54, 1.807) is 12.1 Å². The number of rotatable bonds is 7. The molecule has 0 saturated heterocycles. The molecule has 0 saturated carbocycles. The van der Waals surface area contributed by atoms with Gasteiger partial charge in [0.15, 0.2) is 5.82 Å². The van der Waals surface area contributed by atoms with Gasteiger partial charge in [-0.15, -0.1) is 0 Å². The van der Waals surface area contributed by atoms with E-state index in [0.717, 1.165) is 5.56 Å². The highest BCUT2D eigenvalue weighted by molar-refractivity contribution is 7.89. The molecule has 0 spiro atoms. The van der Waals surface area contributed by atoms with Crippen molar-refractivity contribution in [1.82, 2.24) is 14.9 Å². The molecule has 22 heavy (non-hydrogen) atoms. The molecular weight excluding hydrogens is 306 g/mol. The highest BCUT2D eigenvalue weighted by atomic mass is 32.2. The minimum atomic E-state index is -3.59. The molecule has 0 radical (unpaired) electrons. The van der Waals surface area contributed by atoms with Gasteiger partial charge in [0.1, 0.15) is 5.75 Å². The lowest BCUT2D eigenvalue weighted by molar-refractivity contribution is 0.337. The summed E-state index contributed by atoms with van der Waals surface area (Å²) in [6.45, 7) is 6.23. The summed E-state index contributed by atoms with van der Waals surface area (Å²) in [6, 6.07) is 4.78. The summed E-state index contributed by atoms with van der Waals surface area (Å²) in [6.07, 6.45) is 1.22. The van der Waals surface area contributed by atoms with Crippen LogP contribution in [0.5, 0.6) is 5.75 Å². The standard InChI is InChI=1S/C14H19N3O4S/c1-4-20-13-6-5-12(7-10(13)2)22(18,19)16-8-11(3)14-15-9-21-17-14/h5-7,9,11,16H,4,8H2,1-3H3. The Hall–Kier alpha value is -1.93. The van der Waals surface area contributed by atoms with Crippen molar-refractivity contribution in [3.63, 3.8) is 0 Å². The van der Waals surface area contributed by atoms with Crippen LogP contribution in [0.3, 0.4) is 0 Å². The van der Waals surface area contributed by atoms with Crippen LogP contribution in [-0.4, -0.2) is 31.7 Å². The molecule has 1 unspecified atom stereocenters. The smallest absolute Gasteiger partial charge is 0.240 e. The molecule has 1 N–H and O–H groups in total. The lowest BCUT2D eigenvalue weighted by Gasteiger charge is -2.12. The van der Waals surface area contributed by atoms with E-state index in [1.165, 1.54) is 12.5 Å². The molecule has 0 aliphatic carbocycles. The normalized spacial score (nSPS) is 13.0. The monoisotopic (exact) mass is 325 g/mol. The zero-order valence-electron chi connectivity index (χ0n) is 12.7. The molecular formula is C14H19N3O4S. The zero-order chi connectivity index (χ0) is 16.2. The maximum atomic E-state index is 12.3. The van der Waals surface area contributed by atoms with E-state index in [0.29, 0.717) is 18.2 Å². The third-order valence-electron chi connectivity index (χ3n) is 3.16. The number of benzene rings is 1. The van der Waals surface area contributed by atoms with Crippen molar-refractivity contribution >= 4 is 10.0 Å². The molecule has 1 atom stereocenters. The third kappa shape index (κ3) is 3.83. The third-order valence-corrected chi connectivity index (χ3v) is 4.58. The van der Waals surface area contributed by atoms with Gasteiger partial charge in [0.25, 0.3) is 0 Å². The second-order valence-corrected chi connectivity index (χ2v) is 6.67. The lowest BCUT2D eigenvalue weighted by atomic mass is 10.2. The molecule has 0 fully saturated rings. The largest absolute Gasteiger partial charge is 0.494 e. The number of aromatic nitrogens is 2. The van der Waals surface area contributed by atoms with Crippen LogP contribution in [0, 0.1) is 6.92 Å². The molecule has 0 aliphatic rings. The number of hydrogen-bond acceptors (Lipinski definition) is 6. The Kier molecular flexibility index (Phi) is 5.15. The fraction of sp³-hybridized carbons (Fsp3) is 0.429. The predicted octanol–water partition coefficient (Wildman–Crippen LogP) is 1.86. The lowest BCUT2D eigenvalue weighted by Crippen LogP contribution is -2.28. The van der Waals surface area contributed by atoms with E-state index >= 15 is 0 Å². The van der Waals surface area contributed by atoms with Gasteiger partial charge in [0, 0.05) is 12.5 Å². The van der Waals surface area contributed by atoms with E-state index in [4.69, 9.17) is 4.74 Å². The summed E-state index contributed by atoms with van der Waals surface area (Å²) in [5.74, 6) is 0.963. The van der Waals surface area contributed by atoms with Crippen LogP contribution < -0.4 is 9.46 Å². The van der Waals surface area contributed by atoms with Crippen molar-refractivity contribution in [3.8, 4) is 5.75 Å². The van der Waals surface area contributed by atoms with Gasteiger partial charge in [-0.2, -0.15) is 4.98 Å². The van der Waals surface area contributed by atoms with Gasteiger partial charge in [0.05, 0.1) is 11.5 Å². The first-order valence-electron chi connectivity index (χ1n) is 6.93. The van der Waals surface area contributed by atoms with Gasteiger partial charge >= 0.3 is 0 Å². The van der Waals surface area contributed by atoms with Crippen molar-refractivity contribution in [2.45, 2.75) is 31.6 Å². The Morgan fingerprint density at radius 1 is 1.41 bits per heavy atom. The first kappa shape index (κ1) is 16.4. The molecule has 0 aliphatic heterocycles. The minimum absolute atomic E-state index is 0.183. The first-order valence-corrected chi connectivity index (χ1v) is 8.41. The maximum absolute atomic E-state index is 12.3. The average molecular weight is 325 g/mol. The van der Waals surface area contributed by atoms with Gasteiger partial charge in [-0.3, -0.25) is 0 Å². The van der Waals surface area contributed by atoms with Crippen molar-refractivity contribution in [2.75, 3.05) is 13.2 Å². The van der Waals surface area contributed by atoms with E-state index in [-0.39, 0.29) is 17.4 Å². The van der Waals surface area contributed by atoms with Crippen LogP contribution in [0.2, 0.25) is 0 Å². The van der Waals surface area contributed by atoms with Crippen LogP contribution in [0.15, 0.2) is 34.0 Å². The summed E-state index contributed by atoms with van der Waals surface area (Å²) in [4.78, 5) is 4.11. The summed E-state index contributed by atoms with van der Waals surface area (Å²) >= 11 is 0. The van der Waals surface area contributed by atoms with Crippen molar-refractivity contribution in [2.24, 2.45) is 0 Å². The summed E-state index contributed by atoms with van der Waals surface area (Å²) in [5.41, 5.74) is 0.774. The molecule has 2 aromatic rings.